The smallest absolute Gasteiger partial charge is 0.0282 e. The second-order valence-electron chi connectivity index (χ2n) is 5.45. The third-order valence-electron chi connectivity index (χ3n) is 3.92. The van der Waals surface area contributed by atoms with Gasteiger partial charge < -0.3 is 11.1 Å². The molecule has 1 aliphatic heterocycles. The molecular weight excluding hydrogens is 174 g/mol. The van der Waals surface area contributed by atoms with E-state index in [9.17, 15) is 0 Å². The molecule has 0 aromatic heterocycles. The number of hydrogen-bond acceptors (Lipinski definition) is 3. The average Bonchev–Trinajstić information content (AvgIpc) is 3.08. The van der Waals surface area contributed by atoms with Gasteiger partial charge in [-0.05, 0) is 32.1 Å². The van der Waals surface area contributed by atoms with E-state index < -0.39 is 0 Å². The number of likely N-dealkylation sites (tertiary alicyclic amines) is 1. The standard InChI is InChI=1S/C11H21N3/c12-11(4-5-11)8-13-9-3-6-14(7-9)10-1-2-10/h9-10,13H,1-8,12H2. The lowest BCUT2D eigenvalue weighted by atomic mass is 10.2. The minimum atomic E-state index is 0.174. The lowest BCUT2D eigenvalue weighted by Crippen LogP contribution is -2.42. The van der Waals surface area contributed by atoms with E-state index in [0.717, 1.165) is 18.6 Å². The van der Waals surface area contributed by atoms with Crippen LogP contribution in [0.2, 0.25) is 0 Å². The van der Waals surface area contributed by atoms with Gasteiger partial charge >= 0.3 is 0 Å². The Hall–Kier alpha value is -0.120. The highest BCUT2D eigenvalue weighted by molar-refractivity contribution is 5.02. The van der Waals surface area contributed by atoms with Gasteiger partial charge in [-0.3, -0.25) is 4.90 Å². The monoisotopic (exact) mass is 195 g/mol. The molecule has 3 rings (SSSR count). The summed E-state index contributed by atoms with van der Waals surface area (Å²) in [7, 11) is 0. The molecular formula is C11H21N3. The molecule has 3 nitrogen and oxygen atoms in total. The molecule has 0 aromatic carbocycles. The summed E-state index contributed by atoms with van der Waals surface area (Å²) in [5.41, 5.74) is 6.23. The van der Waals surface area contributed by atoms with E-state index in [4.69, 9.17) is 5.73 Å². The van der Waals surface area contributed by atoms with Crippen molar-refractivity contribution in [1.29, 1.82) is 0 Å². The molecule has 0 aromatic rings. The second kappa shape index (κ2) is 3.19. The molecule has 1 saturated heterocycles. The lowest BCUT2D eigenvalue weighted by Gasteiger charge is -2.17. The Morgan fingerprint density at radius 1 is 1.29 bits per heavy atom. The van der Waals surface area contributed by atoms with Crippen molar-refractivity contribution < 1.29 is 0 Å². The molecule has 3 fully saturated rings. The van der Waals surface area contributed by atoms with Crippen molar-refractivity contribution in [2.24, 2.45) is 5.73 Å². The fourth-order valence-electron chi connectivity index (χ4n) is 2.41. The van der Waals surface area contributed by atoms with Crippen LogP contribution >= 0.6 is 0 Å². The van der Waals surface area contributed by atoms with Gasteiger partial charge in [-0.1, -0.05) is 0 Å². The molecule has 2 saturated carbocycles. The van der Waals surface area contributed by atoms with Gasteiger partial charge in [0.1, 0.15) is 0 Å². The Morgan fingerprint density at radius 3 is 2.71 bits per heavy atom. The summed E-state index contributed by atoms with van der Waals surface area (Å²) in [6, 6.07) is 1.66. The van der Waals surface area contributed by atoms with Crippen LogP contribution < -0.4 is 11.1 Å². The third kappa shape index (κ3) is 1.95. The second-order valence-corrected chi connectivity index (χ2v) is 5.45. The van der Waals surface area contributed by atoms with Crippen molar-refractivity contribution in [3.05, 3.63) is 0 Å². The molecule has 3 heteroatoms. The molecule has 1 heterocycles. The van der Waals surface area contributed by atoms with E-state index in [1.807, 2.05) is 0 Å². The van der Waals surface area contributed by atoms with Crippen molar-refractivity contribution in [2.75, 3.05) is 19.6 Å². The van der Waals surface area contributed by atoms with Crippen LogP contribution in [0.1, 0.15) is 32.1 Å². The number of nitrogens with one attached hydrogen (secondary N) is 1. The highest BCUT2D eigenvalue weighted by Crippen LogP contribution is 2.32. The van der Waals surface area contributed by atoms with Crippen molar-refractivity contribution in [2.45, 2.75) is 49.7 Å². The fourth-order valence-corrected chi connectivity index (χ4v) is 2.41. The van der Waals surface area contributed by atoms with E-state index in [-0.39, 0.29) is 5.54 Å². The van der Waals surface area contributed by atoms with Gasteiger partial charge in [0, 0.05) is 37.3 Å². The average molecular weight is 195 g/mol. The van der Waals surface area contributed by atoms with Crippen molar-refractivity contribution >= 4 is 0 Å². The summed E-state index contributed by atoms with van der Waals surface area (Å²) in [5, 5.41) is 3.63. The van der Waals surface area contributed by atoms with E-state index in [0.29, 0.717) is 0 Å². The highest BCUT2D eigenvalue weighted by atomic mass is 15.2. The van der Waals surface area contributed by atoms with Crippen LogP contribution in [0, 0.1) is 0 Å². The summed E-state index contributed by atoms with van der Waals surface area (Å²) in [6.45, 7) is 3.61. The molecule has 0 radical (unpaired) electrons. The molecule has 2 aliphatic carbocycles. The molecule has 3 N–H and O–H groups in total. The van der Waals surface area contributed by atoms with Crippen LogP contribution in [0.3, 0.4) is 0 Å². The summed E-state index contributed by atoms with van der Waals surface area (Å²) < 4.78 is 0. The van der Waals surface area contributed by atoms with Crippen LogP contribution in [-0.4, -0.2) is 42.2 Å². The first-order valence-electron chi connectivity index (χ1n) is 6.02. The first-order valence-corrected chi connectivity index (χ1v) is 6.02. The van der Waals surface area contributed by atoms with Gasteiger partial charge in [0.05, 0.1) is 0 Å². The Bertz CT molecular complexity index is 221. The summed E-state index contributed by atoms with van der Waals surface area (Å²) >= 11 is 0. The van der Waals surface area contributed by atoms with Crippen LogP contribution in [0.15, 0.2) is 0 Å². The Labute approximate surface area is 86.0 Å². The quantitative estimate of drug-likeness (QED) is 0.678. The fraction of sp³-hybridized carbons (Fsp3) is 1.00. The SMILES string of the molecule is NC1(CNC2CCN(C3CC3)C2)CC1. The molecule has 0 spiro atoms. The summed E-state index contributed by atoms with van der Waals surface area (Å²) in [5.74, 6) is 0. The maximum absolute atomic E-state index is 6.06. The first-order chi connectivity index (χ1) is 6.75. The van der Waals surface area contributed by atoms with Gasteiger partial charge in [0.15, 0.2) is 0 Å². The normalized spacial score (nSPS) is 36.2. The number of rotatable bonds is 4. The zero-order chi connectivity index (χ0) is 9.60. The maximum atomic E-state index is 6.06. The minimum absolute atomic E-state index is 0.174. The molecule has 0 bridgehead atoms. The first kappa shape index (κ1) is 9.13. The van der Waals surface area contributed by atoms with Gasteiger partial charge in [-0.2, -0.15) is 0 Å². The largest absolute Gasteiger partial charge is 0.324 e. The number of nitrogens with zero attached hydrogens (tertiary/aromatic N) is 1. The Morgan fingerprint density at radius 2 is 2.07 bits per heavy atom. The molecule has 14 heavy (non-hydrogen) atoms. The Kier molecular flexibility index (Phi) is 2.08. The lowest BCUT2D eigenvalue weighted by molar-refractivity contribution is 0.316. The maximum Gasteiger partial charge on any atom is 0.0282 e. The van der Waals surface area contributed by atoms with Crippen LogP contribution in [0.25, 0.3) is 0 Å². The Balaban J connectivity index is 1.41. The van der Waals surface area contributed by atoms with Gasteiger partial charge in [0.25, 0.3) is 0 Å². The summed E-state index contributed by atoms with van der Waals surface area (Å²) in [6.07, 6.45) is 6.64. The molecule has 80 valence electrons. The molecule has 1 unspecified atom stereocenters. The van der Waals surface area contributed by atoms with Crippen molar-refractivity contribution in [3.63, 3.8) is 0 Å². The minimum Gasteiger partial charge on any atom is -0.324 e. The van der Waals surface area contributed by atoms with Gasteiger partial charge in [-0.25, -0.2) is 0 Å². The molecule has 0 amide bonds. The predicted molar refractivity (Wildman–Crippen MR) is 57.2 cm³/mol. The summed E-state index contributed by atoms with van der Waals surface area (Å²) in [4.78, 5) is 2.65. The molecule has 3 aliphatic rings. The third-order valence-corrected chi connectivity index (χ3v) is 3.92. The number of hydrogen-bond donors (Lipinski definition) is 2. The van der Waals surface area contributed by atoms with Crippen LogP contribution in [-0.2, 0) is 0 Å². The van der Waals surface area contributed by atoms with E-state index >= 15 is 0 Å². The van der Waals surface area contributed by atoms with Gasteiger partial charge in [-0.15, -0.1) is 0 Å². The van der Waals surface area contributed by atoms with E-state index in [1.54, 1.807) is 0 Å². The zero-order valence-electron chi connectivity index (χ0n) is 8.84. The van der Waals surface area contributed by atoms with Crippen molar-refractivity contribution in [1.82, 2.24) is 10.2 Å². The van der Waals surface area contributed by atoms with Crippen LogP contribution in [0.5, 0.6) is 0 Å². The van der Waals surface area contributed by atoms with Crippen molar-refractivity contribution in [3.8, 4) is 0 Å². The molecule has 1 atom stereocenters. The highest BCUT2D eigenvalue weighted by Gasteiger charge is 2.39. The number of nitrogens with two attached hydrogens (primary N) is 1. The van der Waals surface area contributed by atoms with E-state index in [2.05, 4.69) is 10.2 Å². The van der Waals surface area contributed by atoms with Gasteiger partial charge in [0.2, 0.25) is 0 Å². The van der Waals surface area contributed by atoms with E-state index in [1.165, 1.54) is 45.2 Å². The van der Waals surface area contributed by atoms with Crippen LogP contribution in [0.4, 0.5) is 0 Å². The predicted octanol–water partition coefficient (Wildman–Crippen LogP) is 0.304. The zero-order valence-corrected chi connectivity index (χ0v) is 8.84. The topological polar surface area (TPSA) is 41.3 Å².